The average Bonchev–Trinajstić information content (AvgIpc) is 3.40. The number of hydrogen-bond acceptors (Lipinski definition) is 5. The van der Waals surface area contributed by atoms with Gasteiger partial charge in [0.15, 0.2) is 0 Å². The molecule has 4 aromatic rings. The van der Waals surface area contributed by atoms with Crippen LogP contribution in [0.25, 0.3) is 28.2 Å². The maximum atomic E-state index is 14.9. The van der Waals surface area contributed by atoms with Crippen LogP contribution >= 0.6 is 0 Å². The van der Waals surface area contributed by atoms with Crippen LogP contribution in [0.15, 0.2) is 48.8 Å². The summed E-state index contributed by atoms with van der Waals surface area (Å²) >= 11 is 0. The SMILES string of the molecule is COc1nc(-c2ccc(C#N)cc2)c(-c2cc(F)c3c(c2)CCC3O)n2ccnc12. The molecule has 0 aliphatic heterocycles. The monoisotopic (exact) mass is 400 g/mol. The van der Waals surface area contributed by atoms with Crippen molar-refractivity contribution >= 4 is 5.65 Å². The number of rotatable bonds is 3. The number of aliphatic hydroxyl groups excluding tert-OH is 1. The maximum Gasteiger partial charge on any atom is 0.258 e. The highest BCUT2D eigenvalue weighted by atomic mass is 19.1. The molecule has 1 aliphatic rings. The predicted molar refractivity (Wildman–Crippen MR) is 108 cm³/mol. The van der Waals surface area contributed by atoms with Crippen molar-refractivity contribution in [1.82, 2.24) is 14.4 Å². The Bertz CT molecular complexity index is 1320. The van der Waals surface area contributed by atoms with Crippen LogP contribution in [0.5, 0.6) is 5.88 Å². The van der Waals surface area contributed by atoms with Gasteiger partial charge >= 0.3 is 0 Å². The summed E-state index contributed by atoms with van der Waals surface area (Å²) in [6, 6.07) is 12.5. The molecule has 2 aromatic carbocycles. The lowest BCUT2D eigenvalue weighted by Crippen LogP contribution is -2.04. The van der Waals surface area contributed by atoms with Crippen molar-refractivity contribution < 1.29 is 14.2 Å². The zero-order valence-electron chi connectivity index (χ0n) is 16.1. The number of methoxy groups -OCH3 is 1. The number of ether oxygens (including phenoxy) is 1. The van der Waals surface area contributed by atoms with Crippen LogP contribution in [-0.4, -0.2) is 26.6 Å². The van der Waals surface area contributed by atoms with E-state index in [4.69, 9.17) is 10.00 Å². The van der Waals surface area contributed by atoms with Crippen LogP contribution in [0, 0.1) is 17.1 Å². The Morgan fingerprint density at radius 3 is 2.77 bits per heavy atom. The number of nitrogens with zero attached hydrogens (tertiary/aromatic N) is 4. The molecule has 0 amide bonds. The van der Waals surface area contributed by atoms with Gasteiger partial charge in [-0.25, -0.2) is 14.4 Å². The lowest BCUT2D eigenvalue weighted by molar-refractivity contribution is 0.176. The van der Waals surface area contributed by atoms with E-state index >= 15 is 0 Å². The number of aryl methyl sites for hydroxylation is 1. The summed E-state index contributed by atoms with van der Waals surface area (Å²) < 4.78 is 22.2. The lowest BCUT2D eigenvalue weighted by atomic mass is 9.98. The number of halogens is 1. The van der Waals surface area contributed by atoms with Gasteiger partial charge in [0.05, 0.1) is 36.2 Å². The van der Waals surface area contributed by atoms with E-state index in [1.807, 2.05) is 10.5 Å². The van der Waals surface area contributed by atoms with Crippen LogP contribution in [0.4, 0.5) is 4.39 Å². The molecule has 1 aliphatic carbocycles. The van der Waals surface area contributed by atoms with E-state index in [1.165, 1.54) is 13.2 Å². The molecule has 148 valence electrons. The second-order valence-corrected chi connectivity index (χ2v) is 7.21. The molecule has 6 nitrogen and oxygen atoms in total. The second-order valence-electron chi connectivity index (χ2n) is 7.21. The third-order valence-electron chi connectivity index (χ3n) is 5.50. The van der Waals surface area contributed by atoms with E-state index in [0.717, 1.165) is 11.1 Å². The molecule has 2 heterocycles. The molecule has 7 heteroatoms. The molecule has 0 radical (unpaired) electrons. The fourth-order valence-electron chi connectivity index (χ4n) is 4.11. The van der Waals surface area contributed by atoms with Gasteiger partial charge in [-0.3, -0.25) is 4.40 Å². The molecule has 0 spiro atoms. The van der Waals surface area contributed by atoms with Crippen LogP contribution in [0.2, 0.25) is 0 Å². The van der Waals surface area contributed by atoms with E-state index in [2.05, 4.69) is 16.0 Å². The Kier molecular flexibility index (Phi) is 4.23. The van der Waals surface area contributed by atoms with E-state index in [1.54, 1.807) is 36.7 Å². The number of benzene rings is 2. The summed E-state index contributed by atoms with van der Waals surface area (Å²) in [6.45, 7) is 0. The molecule has 0 saturated heterocycles. The summed E-state index contributed by atoms with van der Waals surface area (Å²) in [4.78, 5) is 9.01. The largest absolute Gasteiger partial charge is 0.478 e. The number of hydrogen-bond donors (Lipinski definition) is 1. The average molecular weight is 400 g/mol. The van der Waals surface area contributed by atoms with Gasteiger partial charge in [0.25, 0.3) is 5.88 Å². The minimum Gasteiger partial charge on any atom is -0.478 e. The number of nitriles is 1. The first-order valence-electron chi connectivity index (χ1n) is 9.53. The Hall–Kier alpha value is -3.76. The highest BCUT2D eigenvalue weighted by Gasteiger charge is 2.27. The van der Waals surface area contributed by atoms with Crippen molar-refractivity contribution in [3.8, 4) is 34.5 Å². The zero-order valence-corrected chi connectivity index (χ0v) is 16.1. The molecule has 1 N–H and O–H groups in total. The van der Waals surface area contributed by atoms with Crippen molar-refractivity contribution in [2.45, 2.75) is 18.9 Å². The Morgan fingerprint density at radius 1 is 1.23 bits per heavy atom. The Balaban J connectivity index is 1.82. The van der Waals surface area contributed by atoms with Gasteiger partial charge in [0, 0.05) is 29.1 Å². The van der Waals surface area contributed by atoms with E-state index in [9.17, 15) is 9.50 Å². The van der Waals surface area contributed by atoms with Crippen molar-refractivity contribution in [3.05, 3.63) is 71.3 Å². The quantitative estimate of drug-likeness (QED) is 0.561. The van der Waals surface area contributed by atoms with Gasteiger partial charge < -0.3 is 9.84 Å². The molecule has 0 saturated carbocycles. The molecule has 0 bridgehead atoms. The molecule has 5 rings (SSSR count). The second kappa shape index (κ2) is 6.94. The predicted octanol–water partition coefficient (Wildman–Crippen LogP) is 4.06. The molecule has 2 aromatic heterocycles. The van der Waals surface area contributed by atoms with Crippen molar-refractivity contribution in [3.63, 3.8) is 0 Å². The highest BCUT2D eigenvalue weighted by Crippen LogP contribution is 2.40. The van der Waals surface area contributed by atoms with Crippen LogP contribution in [-0.2, 0) is 6.42 Å². The van der Waals surface area contributed by atoms with Gasteiger partial charge in [-0.2, -0.15) is 5.26 Å². The summed E-state index contributed by atoms with van der Waals surface area (Å²) in [7, 11) is 1.52. The normalized spacial score (nSPS) is 15.2. The molecule has 30 heavy (non-hydrogen) atoms. The van der Waals surface area contributed by atoms with E-state index < -0.39 is 11.9 Å². The smallest absolute Gasteiger partial charge is 0.258 e. The minimum absolute atomic E-state index is 0.347. The van der Waals surface area contributed by atoms with Crippen molar-refractivity contribution in [2.75, 3.05) is 7.11 Å². The number of fused-ring (bicyclic) bond motifs is 2. The molecule has 1 unspecified atom stereocenters. The first kappa shape index (κ1) is 18.3. The summed E-state index contributed by atoms with van der Waals surface area (Å²) in [5, 5.41) is 19.2. The topological polar surface area (TPSA) is 83.4 Å². The first-order valence-corrected chi connectivity index (χ1v) is 9.53. The van der Waals surface area contributed by atoms with Crippen LogP contribution in [0.1, 0.15) is 29.2 Å². The van der Waals surface area contributed by atoms with E-state index in [-0.39, 0.29) is 0 Å². The third-order valence-corrected chi connectivity index (χ3v) is 5.50. The highest BCUT2D eigenvalue weighted by molar-refractivity contribution is 5.82. The van der Waals surface area contributed by atoms with Gasteiger partial charge in [-0.15, -0.1) is 0 Å². The minimum atomic E-state index is -0.769. The summed E-state index contributed by atoms with van der Waals surface area (Å²) in [5.74, 6) is -0.0810. The Morgan fingerprint density at radius 2 is 2.03 bits per heavy atom. The molecule has 0 fully saturated rings. The van der Waals surface area contributed by atoms with Gasteiger partial charge in [-0.1, -0.05) is 12.1 Å². The van der Waals surface area contributed by atoms with Gasteiger partial charge in [-0.05, 0) is 42.7 Å². The fraction of sp³-hybridized carbons (Fsp3) is 0.174. The summed E-state index contributed by atoms with van der Waals surface area (Å²) in [5.41, 5.74) is 4.88. The zero-order chi connectivity index (χ0) is 20.8. The molecule has 1 atom stereocenters. The lowest BCUT2D eigenvalue weighted by Gasteiger charge is -2.16. The standard InChI is InChI=1S/C23H17FN4O2/c1-30-23-22-26-8-9-28(22)21(20(27-23)14-4-2-13(12-25)3-5-14)16-10-15-6-7-18(29)19(15)17(24)11-16/h2-5,8-11,18,29H,6-7H2,1H3. The van der Waals surface area contributed by atoms with Crippen LogP contribution in [0.3, 0.4) is 0 Å². The molecular weight excluding hydrogens is 383 g/mol. The number of imidazole rings is 1. The fourth-order valence-corrected chi connectivity index (χ4v) is 4.11. The maximum absolute atomic E-state index is 14.9. The van der Waals surface area contributed by atoms with Crippen molar-refractivity contribution in [1.29, 1.82) is 5.26 Å². The number of aromatic nitrogens is 3. The first-order chi connectivity index (χ1) is 14.6. The summed E-state index contributed by atoms with van der Waals surface area (Å²) in [6.07, 6.45) is 3.78. The molecular formula is C23H17FN4O2. The van der Waals surface area contributed by atoms with Gasteiger partial charge in [0.2, 0.25) is 5.65 Å². The number of aliphatic hydroxyl groups is 1. The van der Waals surface area contributed by atoms with Crippen molar-refractivity contribution in [2.24, 2.45) is 0 Å². The van der Waals surface area contributed by atoms with Gasteiger partial charge in [0.1, 0.15) is 5.82 Å². The third kappa shape index (κ3) is 2.73. The van der Waals surface area contributed by atoms with Crippen LogP contribution < -0.4 is 4.74 Å². The van der Waals surface area contributed by atoms with E-state index in [0.29, 0.717) is 52.4 Å². The Labute approximate surface area is 171 Å².